The molecule has 0 radical (unpaired) electrons. The molecule has 5 nitrogen and oxygen atoms in total. The summed E-state index contributed by atoms with van der Waals surface area (Å²) in [4.78, 5) is 22.0. The zero-order chi connectivity index (χ0) is 14.4. The van der Waals surface area contributed by atoms with E-state index in [9.17, 15) is 4.79 Å². The van der Waals surface area contributed by atoms with Gasteiger partial charge >= 0.3 is 0 Å². The van der Waals surface area contributed by atoms with E-state index in [-0.39, 0.29) is 5.91 Å². The molecule has 2 heterocycles. The van der Waals surface area contributed by atoms with Crippen molar-refractivity contribution in [2.24, 2.45) is 0 Å². The Morgan fingerprint density at radius 1 is 1.25 bits per heavy atom. The lowest BCUT2D eigenvalue weighted by molar-refractivity contribution is 0.0988. The third kappa shape index (κ3) is 3.32. The van der Waals surface area contributed by atoms with E-state index < -0.39 is 0 Å². The summed E-state index contributed by atoms with van der Waals surface area (Å²) in [6.45, 7) is 2.99. The number of anilines is 2. The number of carbonyl (C=O) groups excluding carboxylic acids is 1. The van der Waals surface area contributed by atoms with Gasteiger partial charge in [-0.05, 0) is 30.7 Å². The van der Waals surface area contributed by atoms with Gasteiger partial charge in [0.05, 0.1) is 11.9 Å². The van der Waals surface area contributed by atoms with Crippen LogP contribution in [0.5, 0.6) is 0 Å². The van der Waals surface area contributed by atoms with E-state index in [0.29, 0.717) is 5.69 Å². The first-order valence-electron chi connectivity index (χ1n) is 6.60. The first-order valence-corrected chi connectivity index (χ1v) is 6.60. The highest BCUT2D eigenvalue weighted by Gasteiger charge is 2.14. The van der Waals surface area contributed by atoms with Gasteiger partial charge in [0.2, 0.25) is 0 Å². The maximum atomic E-state index is 12.3. The zero-order valence-electron chi connectivity index (χ0n) is 11.7. The second-order valence-corrected chi connectivity index (χ2v) is 4.43. The van der Waals surface area contributed by atoms with E-state index >= 15 is 0 Å². The molecule has 0 aliphatic heterocycles. The van der Waals surface area contributed by atoms with Gasteiger partial charge in [0.1, 0.15) is 5.69 Å². The van der Waals surface area contributed by atoms with Gasteiger partial charge in [-0.3, -0.25) is 9.78 Å². The Balaban J connectivity index is 2.09. The molecular weight excluding hydrogens is 252 g/mol. The molecule has 0 saturated heterocycles. The number of rotatable bonds is 5. The number of aromatic nitrogens is 2. The predicted octanol–water partition coefficient (Wildman–Crippen LogP) is 2.58. The van der Waals surface area contributed by atoms with E-state index in [1.807, 2.05) is 6.07 Å². The topological polar surface area (TPSA) is 58.1 Å². The van der Waals surface area contributed by atoms with Crippen LogP contribution in [0.2, 0.25) is 0 Å². The third-order valence-corrected chi connectivity index (χ3v) is 2.92. The highest BCUT2D eigenvalue weighted by Crippen LogP contribution is 2.14. The minimum Gasteiger partial charge on any atom is -0.384 e. The first-order chi connectivity index (χ1) is 9.72. The number of amides is 1. The molecular formula is C15H18N4O. The second kappa shape index (κ2) is 6.65. The number of hydrogen-bond donors (Lipinski definition) is 1. The Kier molecular flexibility index (Phi) is 4.65. The molecule has 2 aromatic rings. The summed E-state index contributed by atoms with van der Waals surface area (Å²) < 4.78 is 0. The molecule has 1 N–H and O–H groups in total. The van der Waals surface area contributed by atoms with Gasteiger partial charge < -0.3 is 10.2 Å². The van der Waals surface area contributed by atoms with Crippen molar-refractivity contribution in [2.75, 3.05) is 23.8 Å². The van der Waals surface area contributed by atoms with Crippen LogP contribution < -0.4 is 10.2 Å². The third-order valence-electron chi connectivity index (χ3n) is 2.92. The van der Waals surface area contributed by atoms with E-state index in [1.54, 1.807) is 48.7 Å². The molecule has 2 rings (SSSR count). The van der Waals surface area contributed by atoms with Crippen molar-refractivity contribution in [1.29, 1.82) is 0 Å². The number of nitrogens with zero attached hydrogens (tertiary/aromatic N) is 3. The zero-order valence-corrected chi connectivity index (χ0v) is 11.7. The minimum absolute atomic E-state index is 0.141. The molecule has 104 valence electrons. The van der Waals surface area contributed by atoms with Crippen molar-refractivity contribution in [3.8, 4) is 0 Å². The van der Waals surface area contributed by atoms with Gasteiger partial charge in [-0.25, -0.2) is 4.98 Å². The average Bonchev–Trinajstić information content (AvgIpc) is 2.53. The Labute approximate surface area is 118 Å². The summed E-state index contributed by atoms with van der Waals surface area (Å²) >= 11 is 0. The second-order valence-electron chi connectivity index (χ2n) is 4.43. The number of carbonyl (C=O) groups is 1. The van der Waals surface area contributed by atoms with Crippen molar-refractivity contribution in [3.63, 3.8) is 0 Å². The first kappa shape index (κ1) is 14.0. The van der Waals surface area contributed by atoms with Gasteiger partial charge in [0.25, 0.3) is 5.91 Å². The summed E-state index contributed by atoms with van der Waals surface area (Å²) in [6, 6.07) is 7.18. The van der Waals surface area contributed by atoms with Crippen LogP contribution in [0.15, 0.2) is 42.9 Å². The standard InChI is InChI=1S/C15H18N4O/c1-3-8-17-12-4-5-14(18-11-12)15(20)19(2)13-6-9-16-10-7-13/h4-7,9-11,17H,3,8H2,1-2H3. The molecule has 0 aliphatic rings. The summed E-state index contributed by atoms with van der Waals surface area (Å²) in [5.74, 6) is -0.141. The number of nitrogens with one attached hydrogen (secondary N) is 1. The van der Waals surface area contributed by atoms with Crippen LogP contribution in [0.25, 0.3) is 0 Å². The molecule has 0 aliphatic carbocycles. The summed E-state index contributed by atoms with van der Waals surface area (Å²) in [6.07, 6.45) is 6.05. The maximum absolute atomic E-state index is 12.3. The Morgan fingerprint density at radius 3 is 2.60 bits per heavy atom. The minimum atomic E-state index is -0.141. The van der Waals surface area contributed by atoms with Crippen LogP contribution in [0.1, 0.15) is 23.8 Å². The molecule has 0 bridgehead atoms. The van der Waals surface area contributed by atoms with E-state index in [0.717, 1.165) is 24.3 Å². The van der Waals surface area contributed by atoms with E-state index in [1.165, 1.54) is 0 Å². The van der Waals surface area contributed by atoms with Crippen molar-refractivity contribution in [3.05, 3.63) is 48.5 Å². The van der Waals surface area contributed by atoms with Crippen LogP contribution in [0.3, 0.4) is 0 Å². The fourth-order valence-corrected chi connectivity index (χ4v) is 1.75. The molecule has 5 heteroatoms. The SMILES string of the molecule is CCCNc1ccc(C(=O)N(C)c2ccncc2)nc1. The van der Waals surface area contributed by atoms with Crippen molar-refractivity contribution < 1.29 is 4.79 Å². The molecule has 20 heavy (non-hydrogen) atoms. The molecule has 0 fully saturated rings. The fourth-order valence-electron chi connectivity index (χ4n) is 1.75. The molecule has 0 spiro atoms. The fraction of sp³-hybridized carbons (Fsp3) is 0.267. The molecule has 0 unspecified atom stereocenters. The van der Waals surface area contributed by atoms with Crippen LogP contribution in [-0.4, -0.2) is 29.5 Å². The van der Waals surface area contributed by atoms with Crippen LogP contribution >= 0.6 is 0 Å². The molecule has 2 aromatic heterocycles. The average molecular weight is 270 g/mol. The molecule has 1 amide bonds. The maximum Gasteiger partial charge on any atom is 0.276 e. The number of hydrogen-bond acceptors (Lipinski definition) is 4. The highest BCUT2D eigenvalue weighted by atomic mass is 16.2. The van der Waals surface area contributed by atoms with Gasteiger partial charge in [-0.2, -0.15) is 0 Å². The van der Waals surface area contributed by atoms with Gasteiger partial charge in [0, 0.05) is 31.7 Å². The van der Waals surface area contributed by atoms with Crippen molar-refractivity contribution in [2.45, 2.75) is 13.3 Å². The van der Waals surface area contributed by atoms with Crippen LogP contribution in [-0.2, 0) is 0 Å². The summed E-state index contributed by atoms with van der Waals surface area (Å²) in [7, 11) is 1.72. The lowest BCUT2D eigenvalue weighted by Crippen LogP contribution is -2.27. The van der Waals surface area contributed by atoms with E-state index in [4.69, 9.17) is 0 Å². The smallest absolute Gasteiger partial charge is 0.276 e. The van der Waals surface area contributed by atoms with Crippen LogP contribution in [0.4, 0.5) is 11.4 Å². The monoisotopic (exact) mass is 270 g/mol. The molecule has 0 saturated carbocycles. The van der Waals surface area contributed by atoms with Crippen molar-refractivity contribution >= 4 is 17.3 Å². The van der Waals surface area contributed by atoms with Crippen LogP contribution in [0, 0.1) is 0 Å². The van der Waals surface area contributed by atoms with Gasteiger partial charge in [-0.15, -0.1) is 0 Å². The Bertz CT molecular complexity index is 554. The quantitative estimate of drug-likeness (QED) is 0.907. The molecule has 0 atom stereocenters. The highest BCUT2D eigenvalue weighted by molar-refractivity contribution is 6.04. The van der Waals surface area contributed by atoms with Gasteiger partial charge in [0.15, 0.2) is 0 Å². The lowest BCUT2D eigenvalue weighted by Gasteiger charge is -2.16. The summed E-state index contributed by atoms with van der Waals surface area (Å²) in [5, 5.41) is 3.23. The van der Waals surface area contributed by atoms with Gasteiger partial charge in [-0.1, -0.05) is 6.92 Å². The largest absolute Gasteiger partial charge is 0.384 e. The normalized spacial score (nSPS) is 10.1. The predicted molar refractivity (Wildman–Crippen MR) is 80.0 cm³/mol. The molecule has 0 aromatic carbocycles. The van der Waals surface area contributed by atoms with E-state index in [2.05, 4.69) is 22.2 Å². The Hall–Kier alpha value is -2.43. The Morgan fingerprint density at radius 2 is 2.00 bits per heavy atom. The summed E-state index contributed by atoms with van der Waals surface area (Å²) in [5.41, 5.74) is 2.14. The lowest BCUT2D eigenvalue weighted by atomic mass is 10.2. The number of pyridine rings is 2. The van der Waals surface area contributed by atoms with Crippen molar-refractivity contribution in [1.82, 2.24) is 9.97 Å².